The van der Waals surface area contributed by atoms with Gasteiger partial charge in [-0.3, -0.25) is 4.79 Å². The number of ether oxygens (including phenoxy) is 2. The summed E-state index contributed by atoms with van der Waals surface area (Å²) in [5.41, 5.74) is 1.19. The van der Waals surface area contributed by atoms with Crippen LogP contribution >= 0.6 is 11.6 Å². The highest BCUT2D eigenvalue weighted by Gasteiger charge is 2.11. The Morgan fingerprint density at radius 2 is 1.83 bits per heavy atom. The highest BCUT2D eigenvalue weighted by Crippen LogP contribution is 2.14. The number of esters is 1. The number of nitrogens with zero attached hydrogens (tertiary/aromatic N) is 2. The first-order valence-corrected chi connectivity index (χ1v) is 9.08. The van der Waals surface area contributed by atoms with Crippen LogP contribution in [-0.2, 0) is 22.7 Å². The number of hydrogen-bond donors (Lipinski definition) is 1. The van der Waals surface area contributed by atoms with E-state index in [-0.39, 0.29) is 13.2 Å². The number of benzene rings is 2. The summed E-state index contributed by atoms with van der Waals surface area (Å²) >= 11 is 5.81. The first-order valence-electron chi connectivity index (χ1n) is 8.70. The fourth-order valence-corrected chi connectivity index (χ4v) is 2.43. The molecule has 0 atom stereocenters. The number of amides is 1. The van der Waals surface area contributed by atoms with E-state index in [2.05, 4.69) is 15.5 Å². The van der Waals surface area contributed by atoms with Crippen LogP contribution in [0.25, 0.3) is 0 Å². The minimum absolute atomic E-state index is 0.148. The van der Waals surface area contributed by atoms with Crippen LogP contribution in [0.2, 0.25) is 5.02 Å². The van der Waals surface area contributed by atoms with E-state index in [1.807, 2.05) is 0 Å². The van der Waals surface area contributed by atoms with Crippen molar-refractivity contribution in [1.82, 2.24) is 15.5 Å². The van der Waals surface area contributed by atoms with Crippen molar-refractivity contribution in [3.05, 3.63) is 76.4 Å². The predicted molar refractivity (Wildman–Crippen MR) is 103 cm³/mol. The first-order chi connectivity index (χ1) is 14.0. The fourth-order valence-electron chi connectivity index (χ4n) is 2.30. The number of nitrogens with one attached hydrogen (secondary N) is 1. The molecule has 0 bridgehead atoms. The van der Waals surface area contributed by atoms with Crippen molar-refractivity contribution in [1.29, 1.82) is 0 Å². The normalized spacial score (nSPS) is 10.4. The van der Waals surface area contributed by atoms with Crippen molar-refractivity contribution in [2.24, 2.45) is 0 Å². The number of aromatic nitrogens is 2. The molecule has 1 N–H and O–H groups in total. The molecule has 0 spiro atoms. The van der Waals surface area contributed by atoms with E-state index in [1.165, 1.54) is 0 Å². The van der Waals surface area contributed by atoms with Gasteiger partial charge in [0.1, 0.15) is 5.75 Å². The zero-order valence-electron chi connectivity index (χ0n) is 15.6. The Labute approximate surface area is 171 Å². The fraction of sp³-hybridized carbons (Fsp3) is 0.200. The van der Waals surface area contributed by atoms with Crippen LogP contribution in [0.5, 0.6) is 5.75 Å². The lowest BCUT2D eigenvalue weighted by atomic mass is 10.2. The average Bonchev–Trinajstić information content (AvgIpc) is 3.15. The third-order valence-electron chi connectivity index (χ3n) is 3.76. The van der Waals surface area contributed by atoms with E-state index in [0.29, 0.717) is 34.6 Å². The molecule has 1 aromatic heterocycles. The molecule has 3 aromatic rings. The summed E-state index contributed by atoms with van der Waals surface area (Å²) in [4.78, 5) is 27.9. The van der Waals surface area contributed by atoms with Gasteiger partial charge in [0.25, 0.3) is 5.91 Å². The number of aryl methyl sites for hydroxylation is 1. The SMILES string of the molecule is Cc1nc(COc2ccc(C(=O)OCC(=O)NCc3ccc(Cl)cc3)cc2)no1. The molecule has 0 aliphatic carbocycles. The van der Waals surface area contributed by atoms with Crippen molar-refractivity contribution >= 4 is 23.5 Å². The molecule has 0 aliphatic heterocycles. The van der Waals surface area contributed by atoms with Gasteiger partial charge in [-0.25, -0.2) is 4.79 Å². The van der Waals surface area contributed by atoms with Crippen molar-refractivity contribution in [2.45, 2.75) is 20.1 Å². The topological polar surface area (TPSA) is 104 Å². The third kappa shape index (κ3) is 6.32. The molecule has 0 fully saturated rings. The molecular formula is C20H18ClN3O5. The summed E-state index contributed by atoms with van der Waals surface area (Å²) in [6.45, 7) is 1.78. The maximum atomic E-state index is 12.1. The molecule has 150 valence electrons. The Kier molecular flexibility index (Phi) is 6.80. The van der Waals surface area contributed by atoms with E-state index in [1.54, 1.807) is 55.5 Å². The molecule has 0 radical (unpaired) electrons. The summed E-state index contributed by atoms with van der Waals surface area (Å²) in [6, 6.07) is 13.4. The van der Waals surface area contributed by atoms with Crippen LogP contribution in [0.4, 0.5) is 0 Å². The molecule has 3 rings (SSSR count). The van der Waals surface area contributed by atoms with Gasteiger partial charge in [-0.1, -0.05) is 28.9 Å². The van der Waals surface area contributed by atoms with E-state index in [4.69, 9.17) is 25.6 Å². The molecule has 29 heavy (non-hydrogen) atoms. The van der Waals surface area contributed by atoms with Gasteiger partial charge in [0, 0.05) is 18.5 Å². The smallest absolute Gasteiger partial charge is 0.338 e. The van der Waals surface area contributed by atoms with Gasteiger partial charge >= 0.3 is 5.97 Å². The molecule has 0 aliphatic rings. The average molecular weight is 416 g/mol. The number of halogens is 1. The predicted octanol–water partition coefficient (Wildman–Crippen LogP) is 3.08. The molecular weight excluding hydrogens is 398 g/mol. The van der Waals surface area contributed by atoms with Gasteiger partial charge in [0.15, 0.2) is 13.2 Å². The second-order valence-corrected chi connectivity index (χ2v) is 6.46. The minimum Gasteiger partial charge on any atom is -0.485 e. The molecule has 1 heterocycles. The van der Waals surface area contributed by atoms with E-state index in [0.717, 1.165) is 5.56 Å². The summed E-state index contributed by atoms with van der Waals surface area (Å²) in [6.07, 6.45) is 0. The maximum Gasteiger partial charge on any atom is 0.338 e. The second kappa shape index (κ2) is 9.70. The van der Waals surface area contributed by atoms with Gasteiger partial charge in [0.2, 0.25) is 11.7 Å². The summed E-state index contributed by atoms with van der Waals surface area (Å²) in [5.74, 6) is 0.412. The molecule has 0 unspecified atom stereocenters. The van der Waals surface area contributed by atoms with Crippen molar-refractivity contribution in [3.63, 3.8) is 0 Å². The standard InChI is InChI=1S/C20H18ClN3O5/c1-13-23-18(24-29-13)11-27-17-8-4-15(5-9-17)20(26)28-12-19(25)22-10-14-2-6-16(21)7-3-14/h2-9H,10-12H2,1H3,(H,22,25). The van der Waals surface area contributed by atoms with E-state index < -0.39 is 11.9 Å². The Balaban J connectivity index is 1.41. The van der Waals surface area contributed by atoms with Crippen LogP contribution < -0.4 is 10.1 Å². The lowest BCUT2D eigenvalue weighted by Crippen LogP contribution is -2.28. The van der Waals surface area contributed by atoms with Gasteiger partial charge in [-0.05, 0) is 42.0 Å². The first kappa shape index (κ1) is 20.3. The van der Waals surface area contributed by atoms with Crippen molar-refractivity contribution in [2.75, 3.05) is 6.61 Å². The van der Waals surface area contributed by atoms with Crippen molar-refractivity contribution < 1.29 is 23.6 Å². The monoisotopic (exact) mass is 415 g/mol. The van der Waals surface area contributed by atoms with Crippen LogP contribution in [0.3, 0.4) is 0 Å². The summed E-state index contributed by atoms with van der Waals surface area (Å²) < 4.78 is 15.4. The van der Waals surface area contributed by atoms with Crippen LogP contribution in [0.15, 0.2) is 53.1 Å². The Morgan fingerprint density at radius 1 is 1.10 bits per heavy atom. The zero-order valence-corrected chi connectivity index (χ0v) is 16.3. The molecule has 0 saturated heterocycles. The minimum atomic E-state index is -0.605. The molecule has 9 heteroatoms. The zero-order chi connectivity index (χ0) is 20.6. The maximum absolute atomic E-state index is 12.1. The highest BCUT2D eigenvalue weighted by molar-refractivity contribution is 6.30. The van der Waals surface area contributed by atoms with Gasteiger partial charge in [0.05, 0.1) is 5.56 Å². The second-order valence-electron chi connectivity index (χ2n) is 6.02. The van der Waals surface area contributed by atoms with E-state index in [9.17, 15) is 9.59 Å². The van der Waals surface area contributed by atoms with Gasteiger partial charge in [-0.15, -0.1) is 0 Å². The molecule has 8 nitrogen and oxygen atoms in total. The summed E-state index contributed by atoms with van der Waals surface area (Å²) in [7, 11) is 0. The van der Waals surface area contributed by atoms with Crippen molar-refractivity contribution in [3.8, 4) is 5.75 Å². The highest BCUT2D eigenvalue weighted by atomic mass is 35.5. The number of hydrogen-bond acceptors (Lipinski definition) is 7. The molecule has 2 aromatic carbocycles. The van der Waals surface area contributed by atoms with Crippen LogP contribution in [0.1, 0.15) is 27.6 Å². The Hall–Kier alpha value is -3.39. The molecule has 1 amide bonds. The summed E-state index contributed by atoms with van der Waals surface area (Å²) in [5, 5.41) is 7.02. The largest absolute Gasteiger partial charge is 0.485 e. The number of carbonyl (C=O) groups excluding carboxylic acids is 2. The number of rotatable bonds is 8. The van der Waals surface area contributed by atoms with Crippen LogP contribution in [0, 0.1) is 6.92 Å². The lowest BCUT2D eigenvalue weighted by Gasteiger charge is -2.08. The number of carbonyl (C=O) groups is 2. The van der Waals surface area contributed by atoms with Crippen LogP contribution in [-0.4, -0.2) is 28.6 Å². The van der Waals surface area contributed by atoms with Gasteiger partial charge in [-0.2, -0.15) is 4.98 Å². The Morgan fingerprint density at radius 3 is 2.48 bits per heavy atom. The third-order valence-corrected chi connectivity index (χ3v) is 4.02. The van der Waals surface area contributed by atoms with E-state index >= 15 is 0 Å². The lowest BCUT2D eigenvalue weighted by molar-refractivity contribution is -0.124. The molecule has 0 saturated carbocycles. The Bertz CT molecular complexity index is 971. The van der Waals surface area contributed by atoms with Gasteiger partial charge < -0.3 is 19.3 Å². The quantitative estimate of drug-likeness (QED) is 0.564.